The molecule has 11 heavy (non-hydrogen) atoms. The Morgan fingerprint density at radius 1 is 1.73 bits per heavy atom. The Kier molecular flexibility index (Phi) is 2.86. The molecule has 0 aromatic carbocycles. The van der Waals surface area contributed by atoms with Gasteiger partial charge in [0.1, 0.15) is 5.37 Å². The van der Waals surface area contributed by atoms with Gasteiger partial charge in [-0.1, -0.05) is 6.08 Å². The molecule has 0 bridgehead atoms. The Hall–Kier alpha value is 0.300. The van der Waals surface area contributed by atoms with Crippen molar-refractivity contribution in [3.63, 3.8) is 0 Å². The van der Waals surface area contributed by atoms with Gasteiger partial charge in [-0.05, 0) is 12.3 Å². The quantitative estimate of drug-likeness (QED) is 0.308. The van der Waals surface area contributed by atoms with Crippen molar-refractivity contribution in [1.29, 1.82) is 0 Å². The van der Waals surface area contributed by atoms with Crippen molar-refractivity contribution in [1.82, 2.24) is 4.90 Å². The van der Waals surface area contributed by atoms with E-state index in [2.05, 4.69) is 0 Å². The van der Waals surface area contributed by atoms with Crippen molar-refractivity contribution < 1.29 is 4.79 Å². The molecule has 1 saturated heterocycles. The number of hydrogen-bond donors (Lipinski definition) is 0. The molecule has 0 aromatic rings. The number of hydrogen-bond acceptors (Lipinski definition) is 2. The minimum absolute atomic E-state index is 0. The molecule has 2 rings (SSSR count). The van der Waals surface area contributed by atoms with Crippen LogP contribution in [0.1, 0.15) is 6.92 Å². The van der Waals surface area contributed by atoms with Crippen LogP contribution in [0.2, 0.25) is 0 Å². The summed E-state index contributed by atoms with van der Waals surface area (Å²) in [5.41, 5.74) is 0.940. The van der Waals surface area contributed by atoms with Crippen LogP contribution in [0.15, 0.2) is 23.3 Å². The van der Waals surface area contributed by atoms with Gasteiger partial charge in [-0.25, -0.2) is 0 Å². The summed E-state index contributed by atoms with van der Waals surface area (Å²) < 4.78 is 0. The summed E-state index contributed by atoms with van der Waals surface area (Å²) in [5, 5.41) is 2.26. The molecule has 2 aliphatic heterocycles. The first-order valence-corrected chi connectivity index (χ1v) is 4.10. The summed E-state index contributed by atoms with van der Waals surface area (Å²) in [5.74, 6) is 0.161. The summed E-state index contributed by atoms with van der Waals surface area (Å²) in [7, 11) is 0. The van der Waals surface area contributed by atoms with Crippen LogP contribution < -0.4 is 0 Å². The molecule has 0 aromatic heterocycles. The maximum atomic E-state index is 11.1. The van der Waals surface area contributed by atoms with Gasteiger partial charge in [0.05, 0.1) is 0 Å². The molecule has 0 N–H and O–H groups in total. The fraction of sp³-hybridized carbons (Fsp3) is 0.286. The molecular weight excluding hydrogens is 169 g/mol. The molecule has 4 heteroatoms. The first-order chi connectivity index (χ1) is 4.84. The maximum absolute atomic E-state index is 11.1. The van der Waals surface area contributed by atoms with Crippen molar-refractivity contribution in [3.8, 4) is 0 Å². The van der Waals surface area contributed by atoms with Crippen molar-refractivity contribution >= 4 is 47.2 Å². The summed E-state index contributed by atoms with van der Waals surface area (Å²) in [6.07, 6.45) is 3.73. The van der Waals surface area contributed by atoms with Gasteiger partial charge in [0.2, 0.25) is 0 Å². The molecule has 0 spiro atoms. The van der Waals surface area contributed by atoms with Gasteiger partial charge in [-0.3, -0.25) is 9.69 Å². The second-order valence-corrected chi connectivity index (χ2v) is 3.22. The predicted molar refractivity (Wildman–Crippen MR) is 48.3 cm³/mol. The first-order valence-electron chi connectivity index (χ1n) is 3.15. The van der Waals surface area contributed by atoms with Gasteiger partial charge >= 0.3 is 29.6 Å². The average Bonchev–Trinajstić information content (AvgIpc) is 2.33. The van der Waals surface area contributed by atoms with E-state index in [9.17, 15) is 4.79 Å². The van der Waals surface area contributed by atoms with Crippen molar-refractivity contribution in [2.75, 3.05) is 0 Å². The SMILES string of the molecule is C/C=C1\C(=O)N2C=CS[C@@H]12.[NaH]. The second-order valence-electron chi connectivity index (χ2n) is 2.23. The monoisotopic (exact) mass is 177 g/mol. The number of fused-ring (bicyclic) bond motifs is 1. The predicted octanol–water partition coefficient (Wildman–Crippen LogP) is 0.670. The van der Waals surface area contributed by atoms with E-state index in [-0.39, 0.29) is 35.5 Å². The second kappa shape index (κ2) is 3.35. The molecule has 2 nitrogen and oxygen atoms in total. The molecule has 0 saturated carbocycles. The number of carbonyl (C=O) groups is 1. The zero-order valence-corrected chi connectivity index (χ0v) is 6.39. The third kappa shape index (κ3) is 1.20. The van der Waals surface area contributed by atoms with Crippen molar-refractivity contribution in [2.45, 2.75) is 12.3 Å². The third-order valence-corrected chi connectivity index (χ3v) is 2.76. The molecule has 2 heterocycles. The standard InChI is InChI=1S/C7H7NOS.Na.H/c1-2-5-6(9)8-3-4-10-7(5)8;;/h2-4,7H,1H3;;/b5-2+;;/t7-;;/m0../s1. The van der Waals surface area contributed by atoms with Crippen LogP contribution >= 0.6 is 11.8 Å². The summed E-state index contributed by atoms with van der Waals surface area (Å²) >= 11 is 1.68. The number of thioether (sulfide) groups is 1. The number of amides is 1. The molecule has 1 amide bonds. The van der Waals surface area contributed by atoms with Crippen molar-refractivity contribution in [2.24, 2.45) is 0 Å². The molecular formula is C7H8NNaOS. The molecule has 2 aliphatic rings. The van der Waals surface area contributed by atoms with Gasteiger partial charge < -0.3 is 0 Å². The van der Waals surface area contributed by atoms with E-state index in [0.717, 1.165) is 5.57 Å². The Bertz CT molecular complexity index is 249. The van der Waals surface area contributed by atoms with Crippen LogP contribution in [0.3, 0.4) is 0 Å². The molecule has 1 atom stereocenters. The van der Waals surface area contributed by atoms with Gasteiger partial charge in [0.25, 0.3) is 5.91 Å². The van der Waals surface area contributed by atoms with Gasteiger partial charge in [0.15, 0.2) is 0 Å². The number of allylic oxidation sites excluding steroid dienone is 1. The van der Waals surface area contributed by atoms with Gasteiger partial charge in [-0.2, -0.15) is 0 Å². The molecule has 1 fully saturated rings. The summed E-state index contributed by atoms with van der Waals surface area (Å²) in [4.78, 5) is 12.8. The van der Waals surface area contributed by atoms with Gasteiger partial charge in [0, 0.05) is 11.8 Å². The normalized spacial score (nSPS) is 29.9. The topological polar surface area (TPSA) is 20.3 Å². The van der Waals surface area contributed by atoms with Gasteiger partial charge in [-0.15, -0.1) is 11.8 Å². The van der Waals surface area contributed by atoms with Crippen LogP contribution in [0.25, 0.3) is 0 Å². The van der Waals surface area contributed by atoms with Crippen LogP contribution in [0.4, 0.5) is 0 Å². The molecule has 0 unspecified atom stereocenters. The van der Waals surface area contributed by atoms with E-state index in [1.165, 1.54) is 0 Å². The minimum atomic E-state index is 0. The molecule has 0 radical (unpaired) electrons. The number of carbonyl (C=O) groups excluding carboxylic acids is 1. The Balaban J connectivity index is 0.000000605. The number of β-lactam (4-membered cyclic amide) rings is 1. The van der Waals surface area contributed by atoms with E-state index in [1.807, 2.05) is 24.6 Å². The first kappa shape index (κ1) is 9.39. The summed E-state index contributed by atoms with van der Waals surface area (Å²) in [6, 6.07) is 0. The van der Waals surface area contributed by atoms with Crippen LogP contribution in [-0.4, -0.2) is 45.7 Å². The van der Waals surface area contributed by atoms with E-state index in [4.69, 9.17) is 0 Å². The third-order valence-electron chi connectivity index (χ3n) is 1.74. The Labute approximate surface area is 92.0 Å². The number of nitrogens with zero attached hydrogens (tertiary/aromatic N) is 1. The Morgan fingerprint density at radius 3 is 3.09 bits per heavy atom. The van der Waals surface area contributed by atoms with E-state index in [1.54, 1.807) is 16.7 Å². The van der Waals surface area contributed by atoms with E-state index in [0.29, 0.717) is 5.37 Å². The zero-order valence-electron chi connectivity index (χ0n) is 5.57. The van der Waals surface area contributed by atoms with Crippen molar-refractivity contribution in [3.05, 3.63) is 23.3 Å². The average molecular weight is 177 g/mol. The molecule has 54 valence electrons. The fourth-order valence-electron chi connectivity index (χ4n) is 1.17. The summed E-state index contributed by atoms with van der Waals surface area (Å²) in [6.45, 7) is 1.91. The van der Waals surface area contributed by atoms with Crippen LogP contribution in [0.5, 0.6) is 0 Å². The Morgan fingerprint density at radius 2 is 2.45 bits per heavy atom. The zero-order chi connectivity index (χ0) is 7.14. The molecule has 0 aliphatic carbocycles. The van der Waals surface area contributed by atoms with Crippen LogP contribution in [-0.2, 0) is 4.79 Å². The fourth-order valence-corrected chi connectivity index (χ4v) is 2.20. The number of rotatable bonds is 0. The van der Waals surface area contributed by atoms with E-state index < -0.39 is 0 Å². The van der Waals surface area contributed by atoms with E-state index >= 15 is 0 Å². The van der Waals surface area contributed by atoms with Crippen LogP contribution in [0, 0.1) is 0 Å².